The Balaban J connectivity index is 1.84. The van der Waals surface area contributed by atoms with E-state index in [1.54, 1.807) is 0 Å². The van der Waals surface area contributed by atoms with Crippen molar-refractivity contribution >= 4 is 22.4 Å². The van der Waals surface area contributed by atoms with Crippen molar-refractivity contribution in [1.82, 2.24) is 15.5 Å². The van der Waals surface area contributed by atoms with Crippen LogP contribution in [0.5, 0.6) is 0 Å². The Hall–Kier alpha value is -1.05. The van der Waals surface area contributed by atoms with Crippen molar-refractivity contribution in [3.63, 3.8) is 0 Å². The number of aromatic nitrogens is 2. The van der Waals surface area contributed by atoms with E-state index in [1.807, 2.05) is 0 Å². The highest BCUT2D eigenvalue weighted by molar-refractivity contribution is 7.15. The molecule has 2 rings (SSSR count). The van der Waals surface area contributed by atoms with Gasteiger partial charge in [0, 0.05) is 19.5 Å². The Kier molecular flexibility index (Phi) is 5.03. The lowest BCUT2D eigenvalue weighted by Gasteiger charge is -2.21. The van der Waals surface area contributed by atoms with Gasteiger partial charge in [0.25, 0.3) is 5.91 Å². The predicted molar refractivity (Wildman–Crippen MR) is 69.8 cm³/mol. The number of ether oxygens (including phenoxy) is 1. The molecule has 7 heteroatoms. The quantitative estimate of drug-likeness (QED) is 0.828. The van der Waals surface area contributed by atoms with Gasteiger partial charge in [-0.25, -0.2) is 0 Å². The molecule has 0 aromatic carbocycles. The number of nitrogens with zero attached hydrogens (tertiary/aromatic N) is 2. The second-order valence-electron chi connectivity index (χ2n) is 4.16. The highest BCUT2D eigenvalue weighted by Crippen LogP contribution is 2.17. The molecule has 0 spiro atoms. The van der Waals surface area contributed by atoms with Gasteiger partial charge in [-0.1, -0.05) is 24.7 Å². The van der Waals surface area contributed by atoms with E-state index >= 15 is 0 Å². The number of carbonyl (C=O) groups excluding carboxylic acids is 1. The molecule has 1 unspecified atom stereocenters. The van der Waals surface area contributed by atoms with Crippen molar-refractivity contribution in [3.8, 4) is 0 Å². The fourth-order valence-corrected chi connectivity index (χ4v) is 2.44. The topological polar surface area (TPSA) is 76.1 Å². The van der Waals surface area contributed by atoms with Gasteiger partial charge in [0.15, 0.2) is 0 Å². The third-order valence-corrected chi connectivity index (χ3v) is 3.56. The minimum atomic E-state index is -0.429. The molecule has 0 bridgehead atoms. The molecule has 1 atom stereocenters. The second-order valence-corrected chi connectivity index (χ2v) is 5.22. The average Bonchev–Trinajstić information content (AvgIpc) is 2.85. The molecule has 0 aliphatic carbocycles. The zero-order chi connectivity index (χ0) is 12.8. The summed E-state index contributed by atoms with van der Waals surface area (Å²) < 4.78 is 5.37. The number of anilines is 1. The van der Waals surface area contributed by atoms with E-state index in [0.717, 1.165) is 30.8 Å². The molecule has 2 N–H and O–H groups in total. The van der Waals surface area contributed by atoms with Gasteiger partial charge < -0.3 is 10.1 Å². The number of carbonyl (C=O) groups is 1. The minimum Gasteiger partial charge on any atom is -0.366 e. The lowest BCUT2D eigenvalue weighted by Crippen LogP contribution is -2.45. The van der Waals surface area contributed by atoms with Crippen LogP contribution in [0, 0.1) is 0 Å². The lowest BCUT2D eigenvalue weighted by atomic mass is 10.3. The zero-order valence-corrected chi connectivity index (χ0v) is 11.3. The van der Waals surface area contributed by atoms with Crippen molar-refractivity contribution in [2.75, 3.05) is 25.0 Å². The maximum atomic E-state index is 11.9. The first-order valence-electron chi connectivity index (χ1n) is 6.25. The van der Waals surface area contributed by atoms with Crippen LogP contribution in [-0.4, -0.2) is 41.9 Å². The van der Waals surface area contributed by atoms with Crippen LogP contribution in [0.4, 0.5) is 5.13 Å². The van der Waals surface area contributed by atoms with E-state index in [-0.39, 0.29) is 5.91 Å². The number of nitrogens with one attached hydrogen (secondary N) is 2. The van der Waals surface area contributed by atoms with Crippen molar-refractivity contribution < 1.29 is 9.53 Å². The molecule has 6 nitrogen and oxygen atoms in total. The SMILES string of the molecule is CCCCc1nnc(NC(=O)C2CNCCO2)s1. The molecule has 1 aliphatic rings. The number of amides is 1. The van der Waals surface area contributed by atoms with Gasteiger partial charge in [-0.15, -0.1) is 10.2 Å². The monoisotopic (exact) mass is 270 g/mol. The normalized spacial score (nSPS) is 19.7. The highest BCUT2D eigenvalue weighted by atomic mass is 32.1. The molecule has 0 saturated carbocycles. The summed E-state index contributed by atoms with van der Waals surface area (Å²) in [6, 6.07) is 0. The summed E-state index contributed by atoms with van der Waals surface area (Å²) in [7, 11) is 0. The van der Waals surface area contributed by atoms with Crippen LogP contribution in [-0.2, 0) is 16.0 Å². The van der Waals surface area contributed by atoms with Crippen LogP contribution >= 0.6 is 11.3 Å². The maximum absolute atomic E-state index is 11.9. The van der Waals surface area contributed by atoms with Crippen LogP contribution < -0.4 is 10.6 Å². The fraction of sp³-hybridized carbons (Fsp3) is 0.727. The fourth-order valence-electron chi connectivity index (χ4n) is 1.65. The van der Waals surface area contributed by atoms with Gasteiger partial charge >= 0.3 is 0 Å². The van der Waals surface area contributed by atoms with E-state index in [0.29, 0.717) is 18.3 Å². The first-order chi connectivity index (χ1) is 8.79. The number of hydrogen-bond donors (Lipinski definition) is 2. The van der Waals surface area contributed by atoms with Crippen molar-refractivity contribution in [3.05, 3.63) is 5.01 Å². The van der Waals surface area contributed by atoms with Gasteiger partial charge in [0.2, 0.25) is 5.13 Å². The standard InChI is InChI=1S/C11H18N4O2S/c1-2-3-4-9-14-15-11(18-9)13-10(16)8-7-12-5-6-17-8/h8,12H,2-7H2,1H3,(H,13,15,16). The Bertz CT molecular complexity index is 390. The molecule has 1 aliphatic heterocycles. The Morgan fingerprint density at radius 2 is 2.50 bits per heavy atom. The zero-order valence-electron chi connectivity index (χ0n) is 10.4. The van der Waals surface area contributed by atoms with Crippen LogP contribution in [0.15, 0.2) is 0 Å². The van der Waals surface area contributed by atoms with Gasteiger partial charge in [0.05, 0.1) is 6.61 Å². The number of aryl methyl sites for hydroxylation is 1. The van der Waals surface area contributed by atoms with E-state index < -0.39 is 6.10 Å². The van der Waals surface area contributed by atoms with Crippen molar-refractivity contribution in [2.45, 2.75) is 32.3 Å². The van der Waals surface area contributed by atoms with Crippen LogP contribution in [0.25, 0.3) is 0 Å². The van der Waals surface area contributed by atoms with Gasteiger partial charge in [0.1, 0.15) is 11.1 Å². The summed E-state index contributed by atoms with van der Waals surface area (Å²) in [5, 5.41) is 15.4. The molecule has 2 heterocycles. The Morgan fingerprint density at radius 3 is 3.22 bits per heavy atom. The molecule has 1 fully saturated rings. The third-order valence-electron chi connectivity index (χ3n) is 2.66. The summed E-state index contributed by atoms with van der Waals surface area (Å²) in [4.78, 5) is 11.9. The smallest absolute Gasteiger partial charge is 0.256 e. The van der Waals surface area contributed by atoms with Gasteiger partial charge in [-0.05, 0) is 6.42 Å². The molecule has 100 valence electrons. The highest BCUT2D eigenvalue weighted by Gasteiger charge is 2.22. The molecular weight excluding hydrogens is 252 g/mol. The van der Waals surface area contributed by atoms with Gasteiger partial charge in [-0.2, -0.15) is 0 Å². The van der Waals surface area contributed by atoms with E-state index in [1.165, 1.54) is 11.3 Å². The third kappa shape index (κ3) is 3.72. The number of rotatable bonds is 5. The number of unbranched alkanes of at least 4 members (excludes halogenated alkanes) is 1. The Labute approximate surface area is 110 Å². The van der Waals surface area contributed by atoms with Crippen molar-refractivity contribution in [2.24, 2.45) is 0 Å². The second kappa shape index (κ2) is 6.77. The summed E-state index contributed by atoms with van der Waals surface area (Å²) in [6.07, 6.45) is 2.72. The summed E-state index contributed by atoms with van der Waals surface area (Å²) in [5.74, 6) is -0.152. The van der Waals surface area contributed by atoms with Crippen LogP contribution in [0.3, 0.4) is 0 Å². The van der Waals surface area contributed by atoms with Crippen LogP contribution in [0.1, 0.15) is 24.8 Å². The molecule has 1 aromatic heterocycles. The number of morpholine rings is 1. The molecule has 1 aromatic rings. The average molecular weight is 270 g/mol. The first-order valence-corrected chi connectivity index (χ1v) is 7.07. The maximum Gasteiger partial charge on any atom is 0.256 e. The van der Waals surface area contributed by atoms with E-state index in [9.17, 15) is 4.79 Å². The largest absolute Gasteiger partial charge is 0.366 e. The van der Waals surface area contributed by atoms with E-state index in [2.05, 4.69) is 27.8 Å². The first kappa shape index (κ1) is 13.4. The molecule has 1 amide bonds. The van der Waals surface area contributed by atoms with Crippen molar-refractivity contribution in [1.29, 1.82) is 0 Å². The molecule has 0 radical (unpaired) electrons. The minimum absolute atomic E-state index is 0.152. The Morgan fingerprint density at radius 1 is 1.61 bits per heavy atom. The molecule has 1 saturated heterocycles. The van der Waals surface area contributed by atoms with Crippen LogP contribution in [0.2, 0.25) is 0 Å². The molecular formula is C11H18N4O2S. The predicted octanol–water partition coefficient (Wildman–Crippen LogP) is 0.808. The number of hydrogen-bond acceptors (Lipinski definition) is 6. The van der Waals surface area contributed by atoms with E-state index in [4.69, 9.17) is 4.74 Å². The summed E-state index contributed by atoms with van der Waals surface area (Å²) in [5.41, 5.74) is 0. The summed E-state index contributed by atoms with van der Waals surface area (Å²) >= 11 is 1.44. The molecule has 18 heavy (non-hydrogen) atoms. The summed E-state index contributed by atoms with van der Waals surface area (Å²) in [6.45, 7) is 4.05. The van der Waals surface area contributed by atoms with Gasteiger partial charge in [-0.3, -0.25) is 10.1 Å². The lowest BCUT2D eigenvalue weighted by molar-refractivity contribution is -0.128.